The molecule has 3 rings (SSSR count). The fourth-order valence-electron chi connectivity index (χ4n) is 4.91. The summed E-state index contributed by atoms with van der Waals surface area (Å²) in [6.07, 6.45) is 8.44. The van der Waals surface area contributed by atoms with Gasteiger partial charge >= 0.3 is 5.97 Å². The highest BCUT2D eigenvalue weighted by atomic mass is 32.2. The van der Waals surface area contributed by atoms with Crippen molar-refractivity contribution >= 4 is 35.3 Å². The molecule has 15 heteroatoms. The minimum Gasteiger partial charge on any atom is -0.508 e. The highest BCUT2D eigenvalue weighted by Gasteiger charge is 2.23. The van der Waals surface area contributed by atoms with Gasteiger partial charge in [-0.1, -0.05) is 23.4 Å². The van der Waals surface area contributed by atoms with E-state index in [1.807, 2.05) is 0 Å². The number of hydrogen-bond donors (Lipinski definition) is 6. The number of phenolic OH excluding ortho intramolecular Hbond substituents is 2. The Morgan fingerprint density at radius 3 is 2.62 bits per heavy atom. The number of cyclic esters (lactones) is 1. The van der Waals surface area contributed by atoms with Gasteiger partial charge < -0.3 is 50.1 Å². The van der Waals surface area contributed by atoms with Gasteiger partial charge in [-0.3, -0.25) is 9.59 Å². The van der Waals surface area contributed by atoms with E-state index in [2.05, 4.69) is 10.5 Å². The van der Waals surface area contributed by atoms with Crippen molar-refractivity contribution in [3.63, 3.8) is 0 Å². The summed E-state index contributed by atoms with van der Waals surface area (Å²) >= 11 is 1.01. The zero-order valence-electron chi connectivity index (χ0n) is 26.5. The molecule has 0 saturated carbocycles. The summed E-state index contributed by atoms with van der Waals surface area (Å²) in [6.45, 7) is 1.58. The summed E-state index contributed by atoms with van der Waals surface area (Å²) in [6, 6.07) is 1.87. The molecule has 1 saturated heterocycles. The van der Waals surface area contributed by atoms with Gasteiger partial charge in [-0.15, -0.1) is 11.8 Å². The molecule has 2 heterocycles. The van der Waals surface area contributed by atoms with Crippen LogP contribution in [0.3, 0.4) is 0 Å². The summed E-state index contributed by atoms with van der Waals surface area (Å²) in [4.78, 5) is 45.5. The van der Waals surface area contributed by atoms with Crippen LogP contribution in [0, 0.1) is 0 Å². The molecule has 14 nitrogen and oxygen atoms in total. The summed E-state index contributed by atoms with van der Waals surface area (Å²) < 4.78 is 10.9. The minimum atomic E-state index is -0.969. The maximum atomic E-state index is 12.9. The van der Waals surface area contributed by atoms with Crippen LogP contribution in [0.1, 0.15) is 54.9 Å². The van der Waals surface area contributed by atoms with Gasteiger partial charge in [0, 0.05) is 25.6 Å². The number of aromatic hydroxyl groups is 2. The molecule has 0 bridgehead atoms. The van der Waals surface area contributed by atoms with E-state index in [1.54, 1.807) is 29.2 Å². The number of carbonyl (C=O) groups is 3. The lowest BCUT2D eigenvalue weighted by Crippen LogP contribution is -2.37. The molecule has 1 aromatic rings. The van der Waals surface area contributed by atoms with E-state index in [9.17, 15) is 39.9 Å². The van der Waals surface area contributed by atoms with E-state index in [0.717, 1.165) is 37.1 Å². The molecule has 1 fully saturated rings. The molecule has 47 heavy (non-hydrogen) atoms. The summed E-state index contributed by atoms with van der Waals surface area (Å²) in [5, 5.41) is 56.4. The van der Waals surface area contributed by atoms with E-state index in [1.165, 1.54) is 13.0 Å². The van der Waals surface area contributed by atoms with Crippen LogP contribution in [0.4, 0.5) is 0 Å². The zero-order valence-corrected chi connectivity index (χ0v) is 27.3. The highest BCUT2D eigenvalue weighted by Crippen LogP contribution is 2.29. The van der Waals surface area contributed by atoms with E-state index in [4.69, 9.17) is 14.3 Å². The third kappa shape index (κ3) is 12.8. The van der Waals surface area contributed by atoms with Gasteiger partial charge in [0.05, 0.1) is 43.4 Å². The van der Waals surface area contributed by atoms with E-state index in [0.29, 0.717) is 25.9 Å². The van der Waals surface area contributed by atoms with Crippen molar-refractivity contribution in [1.29, 1.82) is 0 Å². The number of amides is 2. The summed E-state index contributed by atoms with van der Waals surface area (Å²) in [7, 11) is 0. The molecule has 2 aliphatic rings. The summed E-state index contributed by atoms with van der Waals surface area (Å²) in [5.74, 6) is -2.16. The number of nitrogens with zero attached hydrogens (tertiary/aromatic N) is 2. The largest absolute Gasteiger partial charge is 0.508 e. The molecule has 0 aliphatic carbocycles. The molecule has 4 atom stereocenters. The van der Waals surface area contributed by atoms with Gasteiger partial charge in [0.1, 0.15) is 28.6 Å². The van der Waals surface area contributed by atoms with Crippen molar-refractivity contribution in [3.05, 3.63) is 47.6 Å². The number of aliphatic hydroxyl groups is 3. The van der Waals surface area contributed by atoms with Crippen molar-refractivity contribution in [2.45, 2.75) is 69.1 Å². The number of ether oxygens (including phenoxy) is 2. The first-order valence-corrected chi connectivity index (χ1v) is 16.6. The molecule has 0 spiro atoms. The Morgan fingerprint density at radius 1 is 1.15 bits per heavy atom. The third-order valence-corrected chi connectivity index (χ3v) is 8.43. The number of esters is 1. The fraction of sp³-hybridized carbons (Fsp3) is 0.562. The molecule has 6 N–H and O–H groups in total. The Morgan fingerprint density at radius 2 is 1.91 bits per heavy atom. The van der Waals surface area contributed by atoms with Crippen LogP contribution in [0.5, 0.6) is 11.5 Å². The SMILES string of the molecule is CC(O)C(CO)OC(CO)SCC(=O)NC1/C=C/CCOC(=O)c2c(O)cc(O)cc2CC(=N\OCC(=O)N2CCCCC2)/C=C/C1. The van der Waals surface area contributed by atoms with Gasteiger partial charge in [0.2, 0.25) is 5.91 Å². The number of nitrogens with one attached hydrogen (secondary N) is 1. The van der Waals surface area contributed by atoms with Crippen LogP contribution in [0.25, 0.3) is 0 Å². The number of aliphatic hydroxyl groups excluding tert-OH is 3. The third-order valence-electron chi connectivity index (χ3n) is 7.36. The van der Waals surface area contributed by atoms with Crippen molar-refractivity contribution in [2.24, 2.45) is 5.16 Å². The average molecular weight is 680 g/mol. The molecule has 4 unspecified atom stereocenters. The predicted molar refractivity (Wildman–Crippen MR) is 174 cm³/mol. The van der Waals surface area contributed by atoms with Crippen LogP contribution < -0.4 is 5.32 Å². The molecular formula is C32H45N3O11S. The van der Waals surface area contributed by atoms with Crippen LogP contribution in [-0.2, 0) is 30.3 Å². The number of thioether (sulfide) groups is 1. The molecule has 1 aromatic carbocycles. The average Bonchev–Trinajstić information content (AvgIpc) is 3.04. The number of allylic oxidation sites excluding steroid dienone is 1. The molecule has 0 radical (unpaired) electrons. The molecule has 0 aromatic heterocycles. The number of benzene rings is 1. The lowest BCUT2D eigenvalue weighted by atomic mass is 9.99. The first kappa shape index (κ1) is 37.8. The standard InChI is InChI=1S/C32H45N3O11S/c1-21(38)27(17-36)46-30(18-37)47-20-28(41)33-23-8-3-6-13-44-32(43)31-22(15-25(39)16-26(31)40)14-24(10-7-9-23)34-45-19-29(42)35-11-4-2-5-12-35/h3,7-8,10,15-16,21,23,27,30,36-40H,2,4-6,9,11-14,17-20H2,1H3,(H,33,41)/b8-3+,10-7+,34-24-. The molecule has 2 amide bonds. The summed E-state index contributed by atoms with van der Waals surface area (Å²) in [5.41, 5.74) is -0.461. The smallest absolute Gasteiger partial charge is 0.342 e. The second-order valence-electron chi connectivity index (χ2n) is 11.2. The number of carbonyl (C=O) groups excluding carboxylic acids is 3. The Labute approximate surface area is 278 Å². The minimum absolute atomic E-state index is 0.0189. The van der Waals surface area contributed by atoms with E-state index in [-0.39, 0.29) is 59.8 Å². The number of hydrogen-bond acceptors (Lipinski definition) is 13. The van der Waals surface area contributed by atoms with Crippen molar-refractivity contribution in [2.75, 3.05) is 45.3 Å². The van der Waals surface area contributed by atoms with Gasteiger partial charge in [-0.25, -0.2) is 4.79 Å². The zero-order chi connectivity index (χ0) is 34.2. The fourth-order valence-corrected chi connectivity index (χ4v) is 5.66. The predicted octanol–water partition coefficient (Wildman–Crippen LogP) is 1.38. The maximum absolute atomic E-state index is 12.9. The molecule has 260 valence electrons. The van der Waals surface area contributed by atoms with E-state index < -0.39 is 48.6 Å². The van der Waals surface area contributed by atoms with Crippen LogP contribution in [0.15, 0.2) is 41.6 Å². The lowest BCUT2D eigenvalue weighted by molar-refractivity contribution is -0.137. The monoisotopic (exact) mass is 679 g/mol. The topological polar surface area (TPSA) is 208 Å². The maximum Gasteiger partial charge on any atom is 0.342 e. The Kier molecular flexibility index (Phi) is 16.0. The first-order chi connectivity index (χ1) is 22.6. The van der Waals surface area contributed by atoms with Crippen LogP contribution >= 0.6 is 11.8 Å². The quantitative estimate of drug-likeness (QED) is 0.0802. The number of rotatable bonds is 12. The van der Waals surface area contributed by atoms with Gasteiger partial charge in [0.15, 0.2) is 6.61 Å². The van der Waals surface area contributed by atoms with Crippen LogP contribution in [-0.4, -0.2) is 123 Å². The van der Waals surface area contributed by atoms with E-state index >= 15 is 0 Å². The van der Waals surface area contributed by atoms with Gasteiger partial charge in [-0.2, -0.15) is 0 Å². The lowest BCUT2D eigenvalue weighted by Gasteiger charge is -2.26. The number of fused-ring (bicyclic) bond motifs is 1. The molecule has 2 aliphatic heterocycles. The Bertz CT molecular complexity index is 1280. The first-order valence-electron chi connectivity index (χ1n) is 15.6. The second-order valence-corrected chi connectivity index (χ2v) is 12.3. The number of phenols is 2. The van der Waals surface area contributed by atoms with Crippen molar-refractivity contribution < 1.29 is 54.2 Å². The number of piperidine rings is 1. The van der Waals surface area contributed by atoms with Gasteiger partial charge in [-0.05, 0) is 56.7 Å². The van der Waals surface area contributed by atoms with Crippen molar-refractivity contribution in [3.8, 4) is 11.5 Å². The van der Waals surface area contributed by atoms with Crippen molar-refractivity contribution in [1.82, 2.24) is 10.2 Å². The number of likely N-dealkylation sites (tertiary alicyclic amines) is 1. The number of oxime groups is 1. The Hall–Kier alpha value is -3.63. The Balaban J connectivity index is 1.76. The normalized spacial score (nSPS) is 21.8. The van der Waals surface area contributed by atoms with Gasteiger partial charge in [0.25, 0.3) is 5.91 Å². The highest BCUT2D eigenvalue weighted by molar-refractivity contribution is 8.00. The molecular weight excluding hydrogens is 634 g/mol. The second kappa shape index (κ2) is 19.9. The van der Waals surface area contributed by atoms with Crippen LogP contribution in [0.2, 0.25) is 0 Å².